The minimum Gasteiger partial charge on any atom is -0.497 e. The molecule has 0 saturated carbocycles. The Balaban J connectivity index is 1.22. The van der Waals surface area contributed by atoms with Crippen LogP contribution >= 0.6 is 45.3 Å². The van der Waals surface area contributed by atoms with E-state index in [-0.39, 0.29) is 31.7 Å². The first-order valence-electron chi connectivity index (χ1n) is 19.7. The molecule has 0 saturated heterocycles. The molecule has 6 aromatic carbocycles. The maximum absolute atomic E-state index is 17.2. The van der Waals surface area contributed by atoms with E-state index in [4.69, 9.17) is 9.47 Å². The second-order valence-corrected chi connectivity index (χ2v) is 19.5. The summed E-state index contributed by atoms with van der Waals surface area (Å²) in [6.45, 7) is 0. The molecule has 2 nitrogen and oxygen atoms in total. The zero-order valence-corrected chi connectivity index (χ0v) is 36.3. The van der Waals surface area contributed by atoms with Crippen LogP contribution in [0.2, 0.25) is 0 Å². The largest absolute Gasteiger partial charge is 0.497 e. The number of rotatable bonds is 8. The number of benzene rings is 6. The van der Waals surface area contributed by atoms with Crippen molar-refractivity contribution in [3.05, 3.63) is 157 Å². The van der Waals surface area contributed by atoms with Crippen molar-refractivity contribution in [3.63, 3.8) is 0 Å². The van der Waals surface area contributed by atoms with E-state index >= 15 is 26.3 Å². The minimum absolute atomic E-state index is 0.152. The summed E-state index contributed by atoms with van der Waals surface area (Å²) in [6, 6.07) is 43.1. The summed E-state index contributed by atoms with van der Waals surface area (Å²) in [7, 11) is 2.96. The van der Waals surface area contributed by atoms with E-state index in [1.54, 1.807) is 95.5 Å². The molecule has 63 heavy (non-hydrogen) atoms. The van der Waals surface area contributed by atoms with Crippen molar-refractivity contribution in [2.75, 3.05) is 14.2 Å². The molecule has 0 aliphatic heterocycles. The van der Waals surface area contributed by atoms with Crippen LogP contribution in [0.15, 0.2) is 146 Å². The Bertz CT molecular complexity index is 3170. The molecular formula is C51H30F6O2S4. The highest BCUT2D eigenvalue weighted by molar-refractivity contribution is 7.24. The predicted octanol–water partition coefficient (Wildman–Crippen LogP) is 17.1. The predicted molar refractivity (Wildman–Crippen MR) is 251 cm³/mol. The lowest BCUT2D eigenvalue weighted by Gasteiger charge is -2.26. The molecule has 1 aliphatic rings. The maximum atomic E-state index is 17.2. The molecule has 0 amide bonds. The highest BCUT2D eigenvalue weighted by Crippen LogP contribution is 2.68. The fourth-order valence-corrected chi connectivity index (χ4v) is 13.2. The molecule has 0 N–H and O–H groups in total. The molecule has 10 aromatic rings. The summed E-state index contributed by atoms with van der Waals surface area (Å²) in [5.41, 5.74) is -1.19. The van der Waals surface area contributed by atoms with Gasteiger partial charge in [-0.3, -0.25) is 0 Å². The van der Waals surface area contributed by atoms with Crippen LogP contribution in [0.3, 0.4) is 0 Å². The highest BCUT2D eigenvalue weighted by Gasteiger charge is 2.80. The molecule has 11 rings (SSSR count). The monoisotopic (exact) mass is 916 g/mol. The van der Waals surface area contributed by atoms with Crippen molar-refractivity contribution in [2.45, 2.75) is 17.8 Å². The topological polar surface area (TPSA) is 18.5 Å². The van der Waals surface area contributed by atoms with E-state index in [0.717, 1.165) is 63.7 Å². The summed E-state index contributed by atoms with van der Waals surface area (Å²) in [5, 5.41) is 2.38. The second-order valence-electron chi connectivity index (χ2n) is 15.3. The van der Waals surface area contributed by atoms with E-state index in [2.05, 4.69) is 0 Å². The summed E-state index contributed by atoms with van der Waals surface area (Å²) in [4.78, 5) is 2.12. The number of hydrogen-bond acceptors (Lipinski definition) is 6. The third-order valence-electron chi connectivity index (χ3n) is 11.7. The van der Waals surface area contributed by atoms with Crippen molar-refractivity contribution in [3.8, 4) is 53.3 Å². The Hall–Kier alpha value is -5.92. The third kappa shape index (κ3) is 6.09. The lowest BCUT2D eigenvalue weighted by molar-refractivity contribution is -0.254. The van der Waals surface area contributed by atoms with Gasteiger partial charge in [0.1, 0.15) is 11.5 Å². The van der Waals surface area contributed by atoms with Crippen LogP contribution in [0.5, 0.6) is 11.5 Å². The summed E-state index contributed by atoms with van der Waals surface area (Å²) >= 11 is 5.31. The van der Waals surface area contributed by atoms with E-state index in [0.29, 0.717) is 32.0 Å². The number of halogens is 6. The van der Waals surface area contributed by atoms with Gasteiger partial charge in [-0.15, -0.1) is 45.3 Å². The van der Waals surface area contributed by atoms with Gasteiger partial charge < -0.3 is 9.47 Å². The fourth-order valence-electron chi connectivity index (χ4n) is 8.52. The van der Waals surface area contributed by atoms with Gasteiger partial charge in [0.25, 0.3) is 0 Å². The zero-order chi connectivity index (χ0) is 43.4. The van der Waals surface area contributed by atoms with Gasteiger partial charge in [-0.1, -0.05) is 60.7 Å². The summed E-state index contributed by atoms with van der Waals surface area (Å²) in [6.07, 6.45) is 0. The Labute approximate surface area is 372 Å². The van der Waals surface area contributed by atoms with E-state index in [1.807, 2.05) is 72.8 Å². The van der Waals surface area contributed by atoms with Gasteiger partial charge in [0, 0.05) is 71.4 Å². The first kappa shape index (κ1) is 39.9. The molecule has 312 valence electrons. The molecule has 4 heterocycles. The molecular weight excluding hydrogens is 887 g/mol. The van der Waals surface area contributed by atoms with Crippen molar-refractivity contribution >= 4 is 96.8 Å². The summed E-state index contributed by atoms with van der Waals surface area (Å²) in [5.74, 6) is -15.5. The summed E-state index contributed by atoms with van der Waals surface area (Å²) < 4.78 is 116. The van der Waals surface area contributed by atoms with Gasteiger partial charge in [-0.05, 0) is 118 Å². The standard InChI is InChI=1S/C51H30F6O2S4/c1-58-33-17-11-27(12-18-33)47-43(35-21-15-31(25-41(35)62-47)39-23-29-7-3-5-9-37(29)60-39)45-46(50(54,55)51(56,57)49(45,52)53)44-36-22-16-32(40-24-30-8-4-6-10-38(30)61-40)26-42(36)63-48(44)28-13-19-34(59-2)20-14-28/h3-26H,1-2H3. The molecule has 0 atom stereocenters. The van der Waals surface area contributed by atoms with Gasteiger partial charge in [0.2, 0.25) is 0 Å². The van der Waals surface area contributed by atoms with Crippen LogP contribution < -0.4 is 9.47 Å². The number of thiophene rings is 4. The van der Waals surface area contributed by atoms with Gasteiger partial charge in [-0.25, -0.2) is 0 Å². The van der Waals surface area contributed by atoms with E-state index in [9.17, 15) is 0 Å². The van der Waals surface area contributed by atoms with Crippen molar-refractivity contribution < 1.29 is 35.8 Å². The van der Waals surface area contributed by atoms with Crippen LogP contribution in [0.25, 0.3) is 93.3 Å². The molecule has 0 unspecified atom stereocenters. The Morgan fingerprint density at radius 1 is 0.397 bits per heavy atom. The second kappa shape index (κ2) is 14.6. The smallest absolute Gasteiger partial charge is 0.380 e. The first-order chi connectivity index (χ1) is 30.4. The van der Waals surface area contributed by atoms with Crippen LogP contribution in [0, 0.1) is 0 Å². The zero-order valence-electron chi connectivity index (χ0n) is 33.1. The van der Waals surface area contributed by atoms with Crippen LogP contribution in [-0.2, 0) is 0 Å². The maximum Gasteiger partial charge on any atom is 0.380 e. The SMILES string of the molecule is COc1ccc(-c2sc3cc(-c4cc5ccccc5s4)ccc3c2C2=C(c3c(-c4ccc(OC)cc4)sc4cc(-c5cc6ccccc6s5)ccc34)C(F)(F)C(F)(F)C2(F)F)cc1. The number of alkyl halides is 6. The molecule has 12 heteroatoms. The highest BCUT2D eigenvalue weighted by atomic mass is 32.1. The Morgan fingerprint density at radius 2 is 0.778 bits per heavy atom. The van der Waals surface area contributed by atoms with E-state index < -0.39 is 28.9 Å². The van der Waals surface area contributed by atoms with Gasteiger partial charge in [-0.2, -0.15) is 26.3 Å². The molecule has 1 aliphatic carbocycles. The molecule has 0 spiro atoms. The number of allylic oxidation sites excluding steroid dienone is 2. The Kier molecular flexibility index (Phi) is 9.22. The number of fused-ring (bicyclic) bond motifs is 4. The fraction of sp³-hybridized carbons (Fsp3) is 0.0980. The average molecular weight is 917 g/mol. The normalized spacial score (nSPS) is 15.6. The number of hydrogen-bond donors (Lipinski definition) is 0. The van der Waals surface area contributed by atoms with Crippen molar-refractivity contribution in [1.29, 1.82) is 0 Å². The van der Waals surface area contributed by atoms with Gasteiger partial charge in [0.15, 0.2) is 0 Å². The lowest BCUT2D eigenvalue weighted by Crippen LogP contribution is -2.48. The number of ether oxygens (including phenoxy) is 2. The van der Waals surface area contributed by atoms with Gasteiger partial charge in [0.05, 0.1) is 14.2 Å². The van der Waals surface area contributed by atoms with E-state index in [1.165, 1.54) is 14.2 Å². The third-order valence-corrected chi connectivity index (χ3v) is 16.4. The molecule has 4 aromatic heterocycles. The minimum atomic E-state index is -5.80. The quantitative estimate of drug-likeness (QED) is 0.141. The lowest BCUT2D eigenvalue weighted by atomic mass is 9.89. The van der Waals surface area contributed by atoms with Crippen molar-refractivity contribution in [1.82, 2.24) is 0 Å². The van der Waals surface area contributed by atoms with Crippen LogP contribution in [0.4, 0.5) is 26.3 Å². The molecule has 0 bridgehead atoms. The molecule has 0 radical (unpaired) electrons. The molecule has 0 fully saturated rings. The van der Waals surface area contributed by atoms with Crippen molar-refractivity contribution in [2.24, 2.45) is 0 Å². The number of methoxy groups -OCH3 is 2. The Morgan fingerprint density at radius 3 is 1.16 bits per heavy atom. The van der Waals surface area contributed by atoms with Crippen LogP contribution in [0.1, 0.15) is 11.1 Å². The van der Waals surface area contributed by atoms with Gasteiger partial charge >= 0.3 is 17.8 Å². The average Bonchev–Trinajstić information content (AvgIpc) is 4.11. The van der Waals surface area contributed by atoms with Crippen LogP contribution in [-0.4, -0.2) is 32.0 Å². The first-order valence-corrected chi connectivity index (χ1v) is 22.9.